The van der Waals surface area contributed by atoms with Gasteiger partial charge in [0, 0.05) is 40.7 Å². The van der Waals surface area contributed by atoms with E-state index in [1.54, 1.807) is 0 Å². The number of nitrogens with zero attached hydrogens (tertiary/aromatic N) is 2. The molecular formula is C32H39N3. The zero-order chi connectivity index (χ0) is 25.4. The molecule has 0 aliphatic carbocycles. The molecule has 0 fully saturated rings. The van der Waals surface area contributed by atoms with Crippen LogP contribution in [0.25, 0.3) is 43.6 Å². The molecule has 3 heteroatoms. The van der Waals surface area contributed by atoms with Gasteiger partial charge in [-0.05, 0) is 132 Å². The molecule has 3 heterocycles. The van der Waals surface area contributed by atoms with Gasteiger partial charge in [-0.1, -0.05) is 0 Å². The van der Waals surface area contributed by atoms with E-state index in [-0.39, 0.29) is 0 Å². The molecule has 2 aromatic heterocycles. The lowest BCUT2D eigenvalue weighted by Gasteiger charge is -2.20. The van der Waals surface area contributed by atoms with Crippen LogP contribution in [0.1, 0.15) is 81.6 Å². The van der Waals surface area contributed by atoms with Crippen molar-refractivity contribution >= 4 is 43.6 Å². The molecule has 0 saturated heterocycles. The molecule has 1 N–H and O–H groups in total. The molecule has 2 unspecified atom stereocenters. The molecule has 3 nitrogen and oxygen atoms in total. The first-order valence-electron chi connectivity index (χ1n) is 13.1. The summed E-state index contributed by atoms with van der Waals surface area (Å²) < 4.78 is 2.50. The van der Waals surface area contributed by atoms with Crippen molar-refractivity contribution in [3.63, 3.8) is 0 Å². The predicted molar refractivity (Wildman–Crippen MR) is 152 cm³/mol. The van der Waals surface area contributed by atoms with Gasteiger partial charge in [-0.2, -0.15) is 0 Å². The molecule has 0 spiro atoms. The summed E-state index contributed by atoms with van der Waals surface area (Å²) >= 11 is 0. The Morgan fingerprint density at radius 2 is 0.971 bits per heavy atom. The topological polar surface area (TPSA) is 24.0 Å². The number of aromatic amines is 1. The Morgan fingerprint density at radius 3 is 1.57 bits per heavy atom. The van der Waals surface area contributed by atoms with E-state index in [0.29, 0.717) is 12.1 Å². The first kappa shape index (κ1) is 22.7. The number of aromatic nitrogens is 2. The van der Waals surface area contributed by atoms with Crippen LogP contribution in [0, 0.1) is 55.4 Å². The summed E-state index contributed by atoms with van der Waals surface area (Å²) in [5.74, 6) is 0. The molecule has 1 aliphatic rings. The van der Waals surface area contributed by atoms with Crippen molar-refractivity contribution in [3.8, 4) is 0 Å². The van der Waals surface area contributed by atoms with Crippen LogP contribution in [0.5, 0.6) is 0 Å². The van der Waals surface area contributed by atoms with Crippen LogP contribution in [-0.4, -0.2) is 21.5 Å². The zero-order valence-electron chi connectivity index (χ0n) is 23.5. The quantitative estimate of drug-likeness (QED) is 0.243. The second kappa shape index (κ2) is 6.91. The van der Waals surface area contributed by atoms with Crippen LogP contribution in [0.3, 0.4) is 0 Å². The minimum absolute atomic E-state index is 0.371. The van der Waals surface area contributed by atoms with Crippen molar-refractivity contribution in [3.05, 3.63) is 55.6 Å². The first-order chi connectivity index (χ1) is 16.4. The number of hydrogen-bond donors (Lipinski definition) is 1. The van der Waals surface area contributed by atoms with Gasteiger partial charge in [-0.3, -0.25) is 4.90 Å². The smallest absolute Gasteiger partial charge is 0.0738 e. The second-order valence-electron chi connectivity index (χ2n) is 11.5. The number of aryl methyl sites for hydroxylation is 5. The Balaban J connectivity index is 2.05. The van der Waals surface area contributed by atoms with Gasteiger partial charge >= 0.3 is 0 Å². The zero-order valence-corrected chi connectivity index (χ0v) is 23.5. The van der Waals surface area contributed by atoms with Crippen LogP contribution in [-0.2, 0) is 7.05 Å². The van der Waals surface area contributed by atoms with E-state index in [9.17, 15) is 0 Å². The molecule has 6 rings (SSSR count). The van der Waals surface area contributed by atoms with Crippen molar-refractivity contribution < 1.29 is 0 Å². The molecule has 3 aromatic carbocycles. The highest BCUT2D eigenvalue weighted by Crippen LogP contribution is 2.53. The Hall–Kier alpha value is -2.78. The molecule has 35 heavy (non-hydrogen) atoms. The Kier molecular flexibility index (Phi) is 4.48. The maximum Gasteiger partial charge on any atom is 0.0738 e. The molecule has 0 saturated carbocycles. The molecule has 182 valence electrons. The van der Waals surface area contributed by atoms with Gasteiger partial charge in [0.1, 0.15) is 0 Å². The van der Waals surface area contributed by atoms with Gasteiger partial charge in [0.2, 0.25) is 0 Å². The van der Waals surface area contributed by atoms with Gasteiger partial charge in [-0.25, -0.2) is 0 Å². The monoisotopic (exact) mass is 465 g/mol. The van der Waals surface area contributed by atoms with Crippen LogP contribution in [0.2, 0.25) is 0 Å². The summed E-state index contributed by atoms with van der Waals surface area (Å²) in [5, 5.41) is 5.80. The minimum atomic E-state index is 0.371. The lowest BCUT2D eigenvalue weighted by molar-refractivity contribution is 0.234. The molecular weight excluding hydrogens is 426 g/mol. The van der Waals surface area contributed by atoms with Gasteiger partial charge in [0.15, 0.2) is 0 Å². The lowest BCUT2D eigenvalue weighted by Crippen LogP contribution is -2.17. The summed E-state index contributed by atoms with van der Waals surface area (Å²) in [5.41, 5.74) is 19.8. The fraction of sp³-hybridized carbons (Fsp3) is 0.438. The molecule has 0 amide bonds. The van der Waals surface area contributed by atoms with Crippen molar-refractivity contribution in [2.45, 2.75) is 81.3 Å². The van der Waals surface area contributed by atoms with Crippen LogP contribution in [0.4, 0.5) is 0 Å². The SMILES string of the molecule is Cc1c(C)c(C)c2c([nH]c3c2c2c(c4c5c(C)c(C)c(C)c(C)c5n(C)c34)C(C)N(C)C2C)c1C. The maximum atomic E-state index is 4.01. The standard InChI is InChI=1S/C32H39N3/c1-13-15(3)19(7)29-23(17(13)5)27-25-21(9)34(11)22(10)26(25)28-24-18(6)14(2)16(4)20(8)31(24)35(12)32(28)30(27)33-29/h21-22,33H,1-12H3. The summed E-state index contributed by atoms with van der Waals surface area (Å²) in [6.45, 7) is 23.2. The van der Waals surface area contributed by atoms with E-state index in [1.165, 1.54) is 99.2 Å². The Bertz CT molecular complexity index is 1770. The largest absolute Gasteiger partial charge is 0.353 e. The van der Waals surface area contributed by atoms with Crippen LogP contribution in [0.15, 0.2) is 0 Å². The highest BCUT2D eigenvalue weighted by Gasteiger charge is 2.38. The van der Waals surface area contributed by atoms with Crippen LogP contribution >= 0.6 is 0 Å². The molecule has 1 aliphatic heterocycles. The number of H-pyrrole nitrogens is 1. The predicted octanol–water partition coefficient (Wildman–Crippen LogP) is 8.50. The lowest BCUT2D eigenvalue weighted by atomic mass is 9.87. The normalized spacial score (nSPS) is 18.7. The average molecular weight is 466 g/mol. The van der Waals surface area contributed by atoms with Gasteiger partial charge in [0.25, 0.3) is 0 Å². The number of nitrogens with one attached hydrogen (secondary N) is 1. The van der Waals surface area contributed by atoms with Crippen molar-refractivity contribution in [1.29, 1.82) is 0 Å². The van der Waals surface area contributed by atoms with E-state index in [0.717, 1.165) is 0 Å². The first-order valence-corrected chi connectivity index (χ1v) is 13.1. The Morgan fingerprint density at radius 1 is 0.486 bits per heavy atom. The van der Waals surface area contributed by atoms with E-state index in [4.69, 9.17) is 0 Å². The average Bonchev–Trinajstić information content (AvgIpc) is 3.44. The number of hydrogen-bond acceptors (Lipinski definition) is 1. The number of rotatable bonds is 0. The van der Waals surface area contributed by atoms with Gasteiger partial charge in [-0.15, -0.1) is 0 Å². The highest BCUT2D eigenvalue weighted by atomic mass is 15.2. The fourth-order valence-electron chi connectivity index (χ4n) is 7.39. The number of benzene rings is 3. The number of fused-ring (bicyclic) bond motifs is 10. The third kappa shape index (κ3) is 2.41. The van der Waals surface area contributed by atoms with Gasteiger partial charge < -0.3 is 9.55 Å². The Labute approximate surface area is 209 Å². The van der Waals surface area contributed by atoms with Crippen molar-refractivity contribution in [2.24, 2.45) is 7.05 Å². The third-order valence-electron chi connectivity index (χ3n) is 10.4. The molecule has 5 aromatic rings. The van der Waals surface area contributed by atoms with Crippen molar-refractivity contribution in [2.75, 3.05) is 7.05 Å². The highest BCUT2D eigenvalue weighted by molar-refractivity contribution is 6.27. The van der Waals surface area contributed by atoms with E-state index < -0.39 is 0 Å². The van der Waals surface area contributed by atoms with E-state index in [2.05, 4.69) is 97.8 Å². The summed E-state index contributed by atoms with van der Waals surface area (Å²) in [7, 11) is 4.58. The fourth-order valence-corrected chi connectivity index (χ4v) is 7.39. The van der Waals surface area contributed by atoms with Gasteiger partial charge in [0.05, 0.1) is 22.1 Å². The summed E-state index contributed by atoms with van der Waals surface area (Å²) in [4.78, 5) is 6.57. The molecule has 0 bridgehead atoms. The van der Waals surface area contributed by atoms with E-state index >= 15 is 0 Å². The van der Waals surface area contributed by atoms with Crippen LogP contribution < -0.4 is 0 Å². The summed E-state index contributed by atoms with van der Waals surface area (Å²) in [6.07, 6.45) is 0. The minimum Gasteiger partial charge on any atom is -0.353 e. The molecule has 0 radical (unpaired) electrons. The third-order valence-corrected chi connectivity index (χ3v) is 10.4. The maximum absolute atomic E-state index is 4.01. The second-order valence-corrected chi connectivity index (χ2v) is 11.5. The summed E-state index contributed by atoms with van der Waals surface area (Å²) in [6, 6.07) is 0.743. The van der Waals surface area contributed by atoms with E-state index in [1.807, 2.05) is 0 Å². The molecule has 2 atom stereocenters. The van der Waals surface area contributed by atoms with Crippen molar-refractivity contribution in [1.82, 2.24) is 14.5 Å².